The molecule has 2 aromatic rings. The lowest BCUT2D eigenvalue weighted by Crippen LogP contribution is -2.45. The summed E-state index contributed by atoms with van der Waals surface area (Å²) in [5.74, 6) is -1.12. The van der Waals surface area contributed by atoms with E-state index in [1.165, 1.54) is 0 Å². The molecule has 0 spiro atoms. The van der Waals surface area contributed by atoms with E-state index in [0.29, 0.717) is 19.0 Å². The average molecular weight is 506 g/mol. The highest BCUT2D eigenvalue weighted by Crippen LogP contribution is 2.36. The van der Waals surface area contributed by atoms with Crippen LogP contribution in [0.2, 0.25) is 0 Å². The zero-order valence-corrected chi connectivity index (χ0v) is 19.6. The number of morpholine rings is 1. The van der Waals surface area contributed by atoms with Crippen LogP contribution < -0.4 is 20.1 Å². The number of nitrogens with zero attached hydrogens (tertiary/aromatic N) is 5. The smallest absolute Gasteiger partial charge is 0.341 e. The standard InChI is InChI=1S/C21H26N6O7S/c28-17(11-35-12-18(29)30)22-15-9-32-20-16(10-33-19(15)20)27-21(23-24-25-27)34-14-3-1-2-13(8-14)26-4-6-31-7-5-26/h1-3,8,15-16,19-20H,4-7,9-12H2,(H,22,28)(H,29,30)/p-1/t15-,16-,19+,20+/m0/s1. The number of rotatable bonds is 9. The Bertz CT molecular complexity index is 1050. The van der Waals surface area contributed by atoms with Crippen LogP contribution in [-0.2, 0) is 23.8 Å². The van der Waals surface area contributed by atoms with E-state index >= 15 is 0 Å². The molecule has 13 nitrogen and oxygen atoms in total. The zero-order chi connectivity index (χ0) is 24.2. The number of fused-ring (bicyclic) bond motifs is 1. The van der Waals surface area contributed by atoms with Crippen LogP contribution in [0.1, 0.15) is 6.04 Å². The molecular formula is C21H25N6O7S-. The van der Waals surface area contributed by atoms with Gasteiger partial charge in [0.2, 0.25) is 5.91 Å². The van der Waals surface area contributed by atoms with Crippen molar-refractivity contribution in [2.24, 2.45) is 0 Å². The predicted molar refractivity (Wildman–Crippen MR) is 120 cm³/mol. The van der Waals surface area contributed by atoms with Crippen LogP contribution >= 0.6 is 11.8 Å². The van der Waals surface area contributed by atoms with Gasteiger partial charge in [-0.1, -0.05) is 11.2 Å². The van der Waals surface area contributed by atoms with E-state index in [0.717, 1.165) is 30.5 Å². The summed E-state index contributed by atoms with van der Waals surface area (Å²) in [6, 6.07) is 7.25. The molecule has 3 aliphatic rings. The maximum absolute atomic E-state index is 12.2. The van der Waals surface area contributed by atoms with Gasteiger partial charge in [0.05, 0.1) is 44.2 Å². The molecule has 3 saturated heterocycles. The first-order valence-corrected chi connectivity index (χ1v) is 12.4. The fourth-order valence-electron chi connectivity index (χ4n) is 4.42. The summed E-state index contributed by atoms with van der Waals surface area (Å²) >= 11 is 0.977. The Kier molecular flexibility index (Phi) is 7.32. The second-order valence-corrected chi connectivity index (χ2v) is 9.29. The van der Waals surface area contributed by atoms with E-state index in [2.05, 4.69) is 25.7 Å². The summed E-state index contributed by atoms with van der Waals surface area (Å²) in [7, 11) is 0. The number of benzene rings is 1. The van der Waals surface area contributed by atoms with Crippen molar-refractivity contribution in [3.05, 3.63) is 24.3 Å². The minimum atomic E-state index is -1.21. The molecule has 188 valence electrons. The number of hydrogen-bond acceptors (Lipinski definition) is 12. The first-order valence-electron chi connectivity index (χ1n) is 11.3. The Balaban J connectivity index is 1.21. The fourth-order valence-corrected chi connectivity index (χ4v) is 4.96. The number of carbonyl (C=O) groups excluding carboxylic acids is 2. The molecule has 3 fully saturated rings. The van der Waals surface area contributed by atoms with Gasteiger partial charge in [-0.2, -0.15) is 4.68 Å². The number of carbonyl (C=O) groups is 2. The van der Waals surface area contributed by atoms with Crippen molar-refractivity contribution >= 4 is 29.3 Å². The van der Waals surface area contributed by atoms with E-state index in [4.69, 9.17) is 18.9 Å². The van der Waals surface area contributed by atoms with E-state index in [1.807, 2.05) is 24.3 Å². The molecular weight excluding hydrogens is 480 g/mol. The first kappa shape index (κ1) is 23.8. The quantitative estimate of drug-likeness (QED) is 0.427. The van der Waals surface area contributed by atoms with E-state index < -0.39 is 5.97 Å². The molecule has 5 rings (SSSR count). The maximum Gasteiger partial charge on any atom is 0.341 e. The Morgan fingerprint density at radius 3 is 2.83 bits per heavy atom. The van der Waals surface area contributed by atoms with Crippen LogP contribution in [0.5, 0.6) is 11.8 Å². The molecule has 1 N–H and O–H groups in total. The first-order chi connectivity index (χ1) is 17.1. The van der Waals surface area contributed by atoms with Gasteiger partial charge in [0.1, 0.15) is 24.0 Å². The Morgan fingerprint density at radius 2 is 2.00 bits per heavy atom. The summed E-state index contributed by atoms with van der Waals surface area (Å²) in [5, 5.41) is 25.3. The largest absolute Gasteiger partial charge is 0.549 e. The van der Waals surface area contributed by atoms with Crippen molar-refractivity contribution in [3.8, 4) is 11.8 Å². The lowest BCUT2D eigenvalue weighted by Gasteiger charge is -2.29. The van der Waals surface area contributed by atoms with Gasteiger partial charge in [0.25, 0.3) is 0 Å². The van der Waals surface area contributed by atoms with Crippen molar-refractivity contribution in [2.75, 3.05) is 55.9 Å². The molecule has 0 unspecified atom stereocenters. The minimum Gasteiger partial charge on any atom is -0.549 e. The number of carboxylic acids is 1. The predicted octanol–water partition coefficient (Wildman–Crippen LogP) is -1.39. The third-order valence-electron chi connectivity index (χ3n) is 6.01. The second-order valence-electron chi connectivity index (χ2n) is 8.31. The van der Waals surface area contributed by atoms with Gasteiger partial charge in [-0.25, -0.2) is 0 Å². The number of amides is 1. The highest BCUT2D eigenvalue weighted by atomic mass is 32.2. The lowest BCUT2D eigenvalue weighted by molar-refractivity contribution is -0.301. The van der Waals surface area contributed by atoms with E-state index in [9.17, 15) is 14.7 Å². The zero-order valence-electron chi connectivity index (χ0n) is 18.8. The third kappa shape index (κ3) is 5.50. The van der Waals surface area contributed by atoms with Crippen molar-refractivity contribution < 1.29 is 33.6 Å². The summed E-state index contributed by atoms with van der Waals surface area (Å²) in [6.45, 7) is 3.56. The van der Waals surface area contributed by atoms with E-state index in [1.54, 1.807) is 4.68 Å². The number of tetrazole rings is 1. The van der Waals surface area contributed by atoms with Gasteiger partial charge in [-0.15, -0.1) is 11.8 Å². The molecule has 1 aromatic carbocycles. The van der Waals surface area contributed by atoms with Gasteiger partial charge in [-0.05, 0) is 22.6 Å². The van der Waals surface area contributed by atoms with Crippen molar-refractivity contribution in [3.63, 3.8) is 0 Å². The molecule has 0 saturated carbocycles. The Hall–Kier alpha value is -2.94. The Labute approximate surface area is 205 Å². The molecule has 35 heavy (non-hydrogen) atoms. The summed E-state index contributed by atoms with van der Waals surface area (Å²) < 4.78 is 24.9. The van der Waals surface area contributed by atoms with Gasteiger partial charge in [-0.3, -0.25) is 4.79 Å². The van der Waals surface area contributed by atoms with Crippen molar-refractivity contribution in [1.82, 2.24) is 25.5 Å². The number of hydrogen-bond donors (Lipinski definition) is 1. The second kappa shape index (κ2) is 10.8. The van der Waals surface area contributed by atoms with Crippen molar-refractivity contribution in [1.29, 1.82) is 0 Å². The summed E-state index contributed by atoms with van der Waals surface area (Å²) in [4.78, 5) is 24.9. The number of carboxylic acid groups (broad SMARTS) is 1. The third-order valence-corrected chi connectivity index (χ3v) is 6.91. The van der Waals surface area contributed by atoms with Crippen LogP contribution in [0.25, 0.3) is 0 Å². The number of aliphatic carboxylic acids is 1. The summed E-state index contributed by atoms with van der Waals surface area (Å²) in [5.41, 5.74) is 1.03. The average Bonchev–Trinajstić information content (AvgIpc) is 3.58. The molecule has 4 atom stereocenters. The van der Waals surface area contributed by atoms with Crippen LogP contribution in [0.15, 0.2) is 24.3 Å². The number of thioether (sulfide) groups is 1. The molecule has 14 heteroatoms. The van der Waals surface area contributed by atoms with Crippen LogP contribution in [-0.4, -0.2) is 101 Å². The van der Waals surface area contributed by atoms with Gasteiger partial charge < -0.3 is 39.1 Å². The molecule has 0 aliphatic carbocycles. The lowest BCUT2D eigenvalue weighted by atomic mass is 10.1. The van der Waals surface area contributed by atoms with Crippen LogP contribution in [0.4, 0.5) is 5.69 Å². The molecule has 0 bridgehead atoms. The SMILES string of the molecule is O=C([O-])CSCC(=O)N[C@H]1CO[C@H]2[C@@H]1OC[C@@H]2n1nnnc1Oc1cccc(N2CCOCC2)c1. The van der Waals surface area contributed by atoms with Crippen molar-refractivity contribution in [2.45, 2.75) is 24.3 Å². The van der Waals surface area contributed by atoms with E-state index in [-0.39, 0.29) is 60.9 Å². The Morgan fingerprint density at radius 1 is 1.17 bits per heavy atom. The number of anilines is 1. The van der Waals surface area contributed by atoms with Gasteiger partial charge >= 0.3 is 6.01 Å². The molecule has 1 aromatic heterocycles. The highest BCUT2D eigenvalue weighted by Gasteiger charge is 2.50. The molecule has 0 radical (unpaired) electrons. The topological polar surface area (TPSA) is 153 Å². The van der Waals surface area contributed by atoms with Crippen LogP contribution in [0.3, 0.4) is 0 Å². The summed E-state index contributed by atoms with van der Waals surface area (Å²) in [6.07, 6.45) is -0.751. The highest BCUT2D eigenvalue weighted by molar-refractivity contribution is 8.00. The molecule has 3 aliphatic heterocycles. The van der Waals surface area contributed by atoms with Gasteiger partial charge in [0, 0.05) is 30.6 Å². The maximum atomic E-state index is 12.2. The minimum absolute atomic E-state index is 0.0137. The van der Waals surface area contributed by atoms with Crippen LogP contribution in [0, 0.1) is 0 Å². The number of aromatic nitrogens is 4. The normalized spacial score (nSPS) is 25.9. The number of ether oxygens (including phenoxy) is 4. The molecule has 4 heterocycles. The monoisotopic (exact) mass is 505 g/mol. The fraction of sp³-hybridized carbons (Fsp3) is 0.571. The molecule has 1 amide bonds. The van der Waals surface area contributed by atoms with Gasteiger partial charge in [0.15, 0.2) is 0 Å². The number of nitrogens with one attached hydrogen (secondary N) is 1.